The zero-order valence-electron chi connectivity index (χ0n) is 8.68. The smallest absolute Gasteiger partial charge is 0.0551 e. The summed E-state index contributed by atoms with van der Waals surface area (Å²) >= 11 is 0. The van der Waals surface area contributed by atoms with Gasteiger partial charge in [-0.15, -0.1) is 0 Å². The predicted octanol–water partition coefficient (Wildman–Crippen LogP) is 3.02. The molecule has 0 atom stereocenters. The molecule has 70 valence electrons. The molecule has 0 bridgehead atoms. The normalized spacial score (nSPS) is 27.7. The van der Waals surface area contributed by atoms with E-state index in [1.807, 2.05) is 0 Å². The Bertz CT molecular complexity index is 177. The maximum absolute atomic E-state index is 5.65. The van der Waals surface area contributed by atoms with Crippen LogP contribution in [-0.2, 0) is 4.74 Å². The van der Waals surface area contributed by atoms with Crippen LogP contribution in [0.4, 0.5) is 0 Å². The molecule has 1 aliphatic heterocycles. The molecule has 0 radical (unpaired) electrons. The second-order valence-corrected chi connectivity index (χ2v) is 5.25. The maximum Gasteiger partial charge on any atom is 0.0551 e. The molecule has 0 aromatic heterocycles. The van der Waals surface area contributed by atoms with Gasteiger partial charge in [0, 0.05) is 5.41 Å². The van der Waals surface area contributed by atoms with Gasteiger partial charge >= 0.3 is 0 Å². The molecule has 0 N–H and O–H groups in total. The standard InChI is InChI=1S/C11H20O/c1-10(2)6-5-7-11(3,4)9-12-8-10/h5-6H,7-9H2,1-4H3. The van der Waals surface area contributed by atoms with Crippen LogP contribution in [0.3, 0.4) is 0 Å². The van der Waals surface area contributed by atoms with E-state index in [0.717, 1.165) is 19.6 Å². The van der Waals surface area contributed by atoms with E-state index in [2.05, 4.69) is 39.8 Å². The number of hydrogen-bond acceptors (Lipinski definition) is 1. The molecule has 1 aliphatic rings. The molecular weight excluding hydrogens is 148 g/mol. The highest BCUT2D eigenvalue weighted by Gasteiger charge is 2.22. The van der Waals surface area contributed by atoms with Gasteiger partial charge < -0.3 is 4.74 Å². The SMILES string of the molecule is CC1(C)C=CCC(C)(C)COC1. The highest BCUT2D eigenvalue weighted by molar-refractivity contribution is 4.98. The first-order chi connectivity index (χ1) is 5.41. The molecule has 0 fully saturated rings. The molecule has 1 rings (SSSR count). The summed E-state index contributed by atoms with van der Waals surface area (Å²) in [5.74, 6) is 0. The number of allylic oxidation sites excluding steroid dienone is 1. The van der Waals surface area contributed by atoms with Gasteiger partial charge in [-0.2, -0.15) is 0 Å². The third-order valence-electron chi connectivity index (χ3n) is 2.21. The van der Waals surface area contributed by atoms with Crippen LogP contribution in [-0.4, -0.2) is 13.2 Å². The molecule has 0 amide bonds. The Morgan fingerprint density at radius 3 is 2.42 bits per heavy atom. The van der Waals surface area contributed by atoms with Crippen molar-refractivity contribution in [2.24, 2.45) is 10.8 Å². The Balaban J connectivity index is 2.63. The first-order valence-electron chi connectivity index (χ1n) is 4.67. The topological polar surface area (TPSA) is 9.23 Å². The average molecular weight is 168 g/mol. The van der Waals surface area contributed by atoms with Crippen molar-refractivity contribution in [2.75, 3.05) is 13.2 Å². The quantitative estimate of drug-likeness (QED) is 0.505. The molecule has 1 heterocycles. The summed E-state index contributed by atoms with van der Waals surface area (Å²) < 4.78 is 5.65. The summed E-state index contributed by atoms with van der Waals surface area (Å²) in [6.45, 7) is 10.6. The third-order valence-corrected chi connectivity index (χ3v) is 2.21. The van der Waals surface area contributed by atoms with E-state index in [1.165, 1.54) is 0 Å². The van der Waals surface area contributed by atoms with Gasteiger partial charge in [0.25, 0.3) is 0 Å². The summed E-state index contributed by atoms with van der Waals surface area (Å²) in [5, 5.41) is 0. The van der Waals surface area contributed by atoms with Crippen LogP contribution >= 0.6 is 0 Å². The summed E-state index contributed by atoms with van der Waals surface area (Å²) in [6.07, 6.45) is 5.69. The van der Waals surface area contributed by atoms with Crippen LogP contribution in [0.25, 0.3) is 0 Å². The zero-order valence-corrected chi connectivity index (χ0v) is 8.68. The van der Waals surface area contributed by atoms with Crippen LogP contribution in [0, 0.1) is 10.8 Å². The Labute approximate surface area is 75.8 Å². The molecule has 0 saturated heterocycles. The fourth-order valence-electron chi connectivity index (χ4n) is 1.39. The van der Waals surface area contributed by atoms with Crippen LogP contribution in [0.5, 0.6) is 0 Å². The molecule has 1 nitrogen and oxygen atoms in total. The van der Waals surface area contributed by atoms with Crippen molar-refractivity contribution in [3.8, 4) is 0 Å². The number of ether oxygens (including phenoxy) is 1. The van der Waals surface area contributed by atoms with E-state index in [4.69, 9.17) is 4.74 Å². The molecule has 1 heteroatoms. The van der Waals surface area contributed by atoms with Crippen molar-refractivity contribution in [3.05, 3.63) is 12.2 Å². The van der Waals surface area contributed by atoms with E-state index in [0.29, 0.717) is 5.41 Å². The molecule has 0 saturated carbocycles. The predicted molar refractivity (Wildman–Crippen MR) is 52.1 cm³/mol. The third kappa shape index (κ3) is 2.98. The first kappa shape index (κ1) is 9.79. The highest BCUT2D eigenvalue weighted by Crippen LogP contribution is 2.28. The largest absolute Gasteiger partial charge is 0.380 e. The molecule has 0 aromatic rings. The van der Waals surface area contributed by atoms with Crippen molar-refractivity contribution in [1.82, 2.24) is 0 Å². The van der Waals surface area contributed by atoms with Gasteiger partial charge in [0.05, 0.1) is 13.2 Å². The monoisotopic (exact) mass is 168 g/mol. The lowest BCUT2D eigenvalue weighted by Crippen LogP contribution is -2.26. The van der Waals surface area contributed by atoms with E-state index >= 15 is 0 Å². The average Bonchev–Trinajstić information content (AvgIpc) is 1.82. The van der Waals surface area contributed by atoms with E-state index in [9.17, 15) is 0 Å². The van der Waals surface area contributed by atoms with Gasteiger partial charge in [0.1, 0.15) is 0 Å². The molecule has 0 spiro atoms. The minimum Gasteiger partial charge on any atom is -0.380 e. The van der Waals surface area contributed by atoms with E-state index in [-0.39, 0.29) is 5.41 Å². The van der Waals surface area contributed by atoms with Crippen molar-refractivity contribution in [2.45, 2.75) is 34.1 Å². The minimum atomic E-state index is 0.219. The van der Waals surface area contributed by atoms with Crippen molar-refractivity contribution >= 4 is 0 Å². The highest BCUT2D eigenvalue weighted by atomic mass is 16.5. The van der Waals surface area contributed by atoms with Crippen molar-refractivity contribution in [1.29, 1.82) is 0 Å². The van der Waals surface area contributed by atoms with Crippen LogP contribution in [0.15, 0.2) is 12.2 Å². The second-order valence-electron chi connectivity index (χ2n) is 5.25. The van der Waals surface area contributed by atoms with Crippen molar-refractivity contribution < 1.29 is 4.74 Å². The van der Waals surface area contributed by atoms with Crippen LogP contribution in [0.2, 0.25) is 0 Å². The zero-order chi connectivity index (χ0) is 9.24. The van der Waals surface area contributed by atoms with E-state index < -0.39 is 0 Å². The fraction of sp³-hybridized carbons (Fsp3) is 0.818. The van der Waals surface area contributed by atoms with Crippen LogP contribution in [0.1, 0.15) is 34.1 Å². The molecular formula is C11H20O. The number of hydrogen-bond donors (Lipinski definition) is 0. The van der Waals surface area contributed by atoms with Gasteiger partial charge in [-0.05, 0) is 11.8 Å². The van der Waals surface area contributed by atoms with Gasteiger partial charge in [0.15, 0.2) is 0 Å². The maximum atomic E-state index is 5.65. The van der Waals surface area contributed by atoms with E-state index in [1.54, 1.807) is 0 Å². The van der Waals surface area contributed by atoms with Gasteiger partial charge in [-0.3, -0.25) is 0 Å². The Kier molecular flexibility index (Phi) is 2.62. The Morgan fingerprint density at radius 1 is 1.08 bits per heavy atom. The lowest BCUT2D eigenvalue weighted by atomic mass is 9.86. The summed E-state index contributed by atoms with van der Waals surface area (Å²) in [5.41, 5.74) is 0.531. The molecule has 0 aliphatic carbocycles. The van der Waals surface area contributed by atoms with Crippen LogP contribution < -0.4 is 0 Å². The molecule has 0 aromatic carbocycles. The Hall–Kier alpha value is -0.300. The van der Waals surface area contributed by atoms with Crippen molar-refractivity contribution in [3.63, 3.8) is 0 Å². The summed E-state index contributed by atoms with van der Waals surface area (Å²) in [7, 11) is 0. The summed E-state index contributed by atoms with van der Waals surface area (Å²) in [4.78, 5) is 0. The molecule has 12 heavy (non-hydrogen) atoms. The second kappa shape index (κ2) is 3.21. The molecule has 0 unspecified atom stereocenters. The Morgan fingerprint density at radius 2 is 1.75 bits per heavy atom. The first-order valence-corrected chi connectivity index (χ1v) is 4.67. The minimum absolute atomic E-state index is 0.219. The number of rotatable bonds is 0. The fourth-order valence-corrected chi connectivity index (χ4v) is 1.39. The van der Waals surface area contributed by atoms with Gasteiger partial charge in [-0.1, -0.05) is 39.8 Å². The lowest BCUT2D eigenvalue weighted by molar-refractivity contribution is 0.0254. The van der Waals surface area contributed by atoms with Gasteiger partial charge in [-0.25, -0.2) is 0 Å². The lowest BCUT2D eigenvalue weighted by Gasteiger charge is -2.29. The summed E-state index contributed by atoms with van der Waals surface area (Å²) in [6, 6.07) is 0. The van der Waals surface area contributed by atoms with Gasteiger partial charge in [0.2, 0.25) is 0 Å².